The van der Waals surface area contributed by atoms with Crippen LogP contribution in [0.1, 0.15) is 45.6 Å². The summed E-state index contributed by atoms with van der Waals surface area (Å²) < 4.78 is 5.83. The molecule has 2 atom stereocenters. The maximum atomic E-state index is 11.3. The molecule has 0 saturated heterocycles. The number of carbonyl (C=O) groups is 2. The van der Waals surface area contributed by atoms with Gasteiger partial charge in [0.1, 0.15) is 0 Å². The van der Waals surface area contributed by atoms with Crippen LogP contribution in [0.4, 0.5) is 0 Å². The fourth-order valence-electron chi connectivity index (χ4n) is 2.54. The molecule has 24 heavy (non-hydrogen) atoms. The Bertz CT molecular complexity index is 518. The molecule has 0 aliphatic heterocycles. The molecule has 5 heteroatoms. The van der Waals surface area contributed by atoms with E-state index < -0.39 is 17.9 Å². The molecule has 1 rings (SSSR count). The van der Waals surface area contributed by atoms with E-state index in [1.165, 1.54) is 5.56 Å². The van der Waals surface area contributed by atoms with Crippen LogP contribution >= 0.6 is 0 Å². The van der Waals surface area contributed by atoms with Crippen molar-refractivity contribution < 1.29 is 24.5 Å². The number of rotatable bonds is 10. The summed E-state index contributed by atoms with van der Waals surface area (Å²) in [5, 5.41) is 18.2. The standard InChI is InChI=1S/C19H28O5/c1-19(2,3)24-13-15(10-9-14-7-5-4-6-8-14)11-16(18(22)23)12-17(20)21/h4-8,15-16H,9-13H2,1-3H3,(H,20,21)(H,22,23)/t15-,16?/m1/s1. The molecule has 134 valence electrons. The highest BCUT2D eigenvalue weighted by atomic mass is 16.5. The topological polar surface area (TPSA) is 83.8 Å². The second-order valence-electron chi connectivity index (χ2n) is 7.18. The van der Waals surface area contributed by atoms with E-state index in [1.54, 1.807) is 0 Å². The van der Waals surface area contributed by atoms with E-state index >= 15 is 0 Å². The van der Waals surface area contributed by atoms with Crippen LogP contribution in [0.3, 0.4) is 0 Å². The lowest BCUT2D eigenvalue weighted by Gasteiger charge is -2.26. The van der Waals surface area contributed by atoms with Gasteiger partial charge in [-0.05, 0) is 51.5 Å². The van der Waals surface area contributed by atoms with E-state index in [-0.39, 0.29) is 17.9 Å². The SMILES string of the molecule is CC(C)(C)OC[C@H](CCc1ccccc1)CC(CC(=O)O)C(=O)O. The van der Waals surface area contributed by atoms with Crippen molar-refractivity contribution in [1.82, 2.24) is 0 Å². The minimum absolute atomic E-state index is 0.00452. The van der Waals surface area contributed by atoms with Gasteiger partial charge in [0.15, 0.2) is 0 Å². The summed E-state index contributed by atoms with van der Waals surface area (Å²) in [6, 6.07) is 9.97. The average Bonchev–Trinajstić information content (AvgIpc) is 2.48. The number of carboxylic acids is 2. The molecule has 5 nitrogen and oxygen atoms in total. The van der Waals surface area contributed by atoms with Gasteiger partial charge in [-0.3, -0.25) is 9.59 Å². The van der Waals surface area contributed by atoms with Crippen molar-refractivity contribution in [3.05, 3.63) is 35.9 Å². The van der Waals surface area contributed by atoms with Crippen LogP contribution < -0.4 is 0 Å². The molecule has 1 aromatic rings. The molecule has 0 bridgehead atoms. The molecule has 0 heterocycles. The number of ether oxygens (including phenoxy) is 1. The van der Waals surface area contributed by atoms with Crippen molar-refractivity contribution in [3.8, 4) is 0 Å². The summed E-state index contributed by atoms with van der Waals surface area (Å²) in [7, 11) is 0. The van der Waals surface area contributed by atoms with E-state index in [9.17, 15) is 14.7 Å². The lowest BCUT2D eigenvalue weighted by atomic mass is 9.88. The van der Waals surface area contributed by atoms with Crippen LogP contribution in [0, 0.1) is 11.8 Å². The first kappa shape index (κ1) is 20.2. The van der Waals surface area contributed by atoms with Gasteiger partial charge in [0.2, 0.25) is 0 Å². The first-order chi connectivity index (χ1) is 11.2. The molecule has 0 amide bonds. The van der Waals surface area contributed by atoms with Crippen molar-refractivity contribution in [2.45, 2.75) is 52.1 Å². The van der Waals surface area contributed by atoms with Crippen LogP contribution in [0.25, 0.3) is 0 Å². The van der Waals surface area contributed by atoms with E-state index in [1.807, 2.05) is 51.1 Å². The van der Waals surface area contributed by atoms with Gasteiger partial charge in [-0.2, -0.15) is 0 Å². The maximum Gasteiger partial charge on any atom is 0.307 e. The lowest BCUT2D eigenvalue weighted by Crippen LogP contribution is -2.27. The third kappa shape index (κ3) is 8.67. The van der Waals surface area contributed by atoms with Gasteiger partial charge < -0.3 is 14.9 Å². The van der Waals surface area contributed by atoms with E-state index in [4.69, 9.17) is 9.84 Å². The van der Waals surface area contributed by atoms with Gasteiger partial charge in [-0.15, -0.1) is 0 Å². The van der Waals surface area contributed by atoms with Gasteiger partial charge in [0, 0.05) is 0 Å². The highest BCUT2D eigenvalue weighted by molar-refractivity contribution is 5.77. The first-order valence-corrected chi connectivity index (χ1v) is 8.30. The van der Waals surface area contributed by atoms with Crippen LogP contribution in [-0.2, 0) is 20.7 Å². The summed E-state index contributed by atoms with van der Waals surface area (Å²) in [5.74, 6) is -3.02. The van der Waals surface area contributed by atoms with Gasteiger partial charge in [-0.1, -0.05) is 30.3 Å². The second kappa shape index (κ2) is 9.42. The van der Waals surface area contributed by atoms with Gasteiger partial charge in [0.05, 0.1) is 24.5 Å². The fourth-order valence-corrected chi connectivity index (χ4v) is 2.54. The molecule has 1 aromatic carbocycles. The first-order valence-electron chi connectivity index (χ1n) is 8.30. The van der Waals surface area contributed by atoms with Crippen molar-refractivity contribution in [2.24, 2.45) is 11.8 Å². The Hall–Kier alpha value is -1.88. The Morgan fingerprint density at radius 1 is 1.12 bits per heavy atom. The second-order valence-corrected chi connectivity index (χ2v) is 7.18. The zero-order valence-electron chi connectivity index (χ0n) is 14.7. The zero-order valence-corrected chi connectivity index (χ0v) is 14.7. The molecule has 2 N–H and O–H groups in total. The summed E-state index contributed by atoms with van der Waals surface area (Å²) in [4.78, 5) is 22.2. The minimum atomic E-state index is -1.08. The quantitative estimate of drug-likeness (QED) is 0.682. The van der Waals surface area contributed by atoms with Crippen LogP contribution in [0.5, 0.6) is 0 Å². The number of aryl methyl sites for hydroxylation is 1. The third-order valence-corrected chi connectivity index (χ3v) is 3.82. The fraction of sp³-hybridized carbons (Fsp3) is 0.579. The predicted molar refractivity (Wildman–Crippen MR) is 92.0 cm³/mol. The van der Waals surface area contributed by atoms with Crippen molar-refractivity contribution in [1.29, 1.82) is 0 Å². The number of hydrogen-bond acceptors (Lipinski definition) is 3. The van der Waals surface area contributed by atoms with Gasteiger partial charge >= 0.3 is 11.9 Å². The van der Waals surface area contributed by atoms with Crippen LogP contribution in [0.2, 0.25) is 0 Å². The Kier molecular flexibility index (Phi) is 7.92. The van der Waals surface area contributed by atoms with E-state index in [0.717, 1.165) is 12.8 Å². The molecule has 0 spiro atoms. The minimum Gasteiger partial charge on any atom is -0.481 e. The molecule has 1 unspecified atom stereocenters. The van der Waals surface area contributed by atoms with E-state index in [0.29, 0.717) is 13.0 Å². The maximum absolute atomic E-state index is 11.3. The Morgan fingerprint density at radius 3 is 2.25 bits per heavy atom. The Morgan fingerprint density at radius 2 is 1.75 bits per heavy atom. The van der Waals surface area contributed by atoms with Gasteiger partial charge in [-0.25, -0.2) is 0 Å². The van der Waals surface area contributed by atoms with Crippen molar-refractivity contribution in [3.63, 3.8) is 0 Å². The predicted octanol–water partition coefficient (Wildman–Crippen LogP) is 3.62. The largest absolute Gasteiger partial charge is 0.481 e. The molecule has 0 saturated carbocycles. The normalized spacial score (nSPS) is 14.1. The molecular weight excluding hydrogens is 308 g/mol. The van der Waals surface area contributed by atoms with Crippen LogP contribution in [0.15, 0.2) is 30.3 Å². The van der Waals surface area contributed by atoms with Crippen molar-refractivity contribution >= 4 is 11.9 Å². The smallest absolute Gasteiger partial charge is 0.307 e. The zero-order chi connectivity index (χ0) is 18.2. The number of aliphatic carboxylic acids is 2. The van der Waals surface area contributed by atoms with Crippen molar-refractivity contribution in [2.75, 3.05) is 6.61 Å². The highest BCUT2D eigenvalue weighted by Gasteiger charge is 2.26. The molecule has 0 radical (unpaired) electrons. The molecule has 0 aliphatic rings. The lowest BCUT2D eigenvalue weighted by molar-refractivity contribution is -0.149. The molecule has 0 aromatic heterocycles. The molecule has 0 fully saturated rings. The Labute approximate surface area is 143 Å². The average molecular weight is 336 g/mol. The summed E-state index contributed by atoms with van der Waals surface area (Å²) in [6.45, 7) is 6.29. The summed E-state index contributed by atoms with van der Waals surface area (Å²) >= 11 is 0. The number of benzene rings is 1. The molecule has 0 aliphatic carbocycles. The Balaban J connectivity index is 2.71. The van der Waals surface area contributed by atoms with E-state index in [2.05, 4.69) is 0 Å². The summed E-state index contributed by atoms with van der Waals surface area (Å²) in [5.41, 5.74) is 0.875. The highest BCUT2D eigenvalue weighted by Crippen LogP contribution is 2.23. The number of hydrogen-bond donors (Lipinski definition) is 2. The number of carboxylic acid groups (broad SMARTS) is 2. The van der Waals surface area contributed by atoms with Gasteiger partial charge in [0.25, 0.3) is 0 Å². The summed E-state index contributed by atoms with van der Waals surface area (Å²) in [6.07, 6.45) is 1.54. The third-order valence-electron chi connectivity index (χ3n) is 3.82. The van der Waals surface area contributed by atoms with Crippen LogP contribution in [-0.4, -0.2) is 34.4 Å². The monoisotopic (exact) mass is 336 g/mol. The molecular formula is C19H28O5.